The van der Waals surface area contributed by atoms with E-state index in [0.29, 0.717) is 13.1 Å². The number of hydroxylamine groups is 1. The van der Waals surface area contributed by atoms with Crippen molar-refractivity contribution in [1.29, 1.82) is 0 Å². The lowest BCUT2D eigenvalue weighted by molar-refractivity contribution is -0.131. The Morgan fingerprint density at radius 2 is 1.84 bits per heavy atom. The SMILES string of the molecule is Cc1ccc(-c2ccc(CNCCC(C)(C(=O)NO)S(C)(=O)=O)s2)s1. The van der Waals surface area contributed by atoms with E-state index in [9.17, 15) is 13.2 Å². The Bertz CT molecular complexity index is 841. The van der Waals surface area contributed by atoms with Gasteiger partial charge in [0, 0.05) is 32.3 Å². The van der Waals surface area contributed by atoms with Gasteiger partial charge in [-0.25, -0.2) is 13.9 Å². The van der Waals surface area contributed by atoms with E-state index in [1.165, 1.54) is 27.0 Å². The van der Waals surface area contributed by atoms with Crippen LogP contribution in [0, 0.1) is 6.92 Å². The number of aryl methyl sites for hydroxylation is 1. The first-order chi connectivity index (χ1) is 11.7. The third-order valence-corrected chi connectivity index (χ3v) is 8.43. The maximum absolute atomic E-state index is 11.9. The number of nitrogens with one attached hydrogen (secondary N) is 2. The fraction of sp³-hybridized carbons (Fsp3) is 0.438. The van der Waals surface area contributed by atoms with Crippen LogP contribution in [0.25, 0.3) is 9.75 Å². The first kappa shape index (κ1) is 20.1. The Balaban J connectivity index is 1.92. The minimum atomic E-state index is -3.66. The Morgan fingerprint density at radius 3 is 2.40 bits per heavy atom. The van der Waals surface area contributed by atoms with Crippen molar-refractivity contribution in [1.82, 2.24) is 10.8 Å². The summed E-state index contributed by atoms with van der Waals surface area (Å²) in [6.07, 6.45) is 1.07. The normalized spacial score (nSPS) is 14.2. The zero-order valence-corrected chi connectivity index (χ0v) is 16.8. The van der Waals surface area contributed by atoms with Gasteiger partial charge < -0.3 is 5.32 Å². The molecule has 1 unspecified atom stereocenters. The molecule has 0 aromatic carbocycles. The van der Waals surface area contributed by atoms with Crippen molar-refractivity contribution in [2.45, 2.75) is 31.6 Å². The van der Waals surface area contributed by atoms with Gasteiger partial charge in [0.25, 0.3) is 5.91 Å². The van der Waals surface area contributed by atoms with Crippen molar-refractivity contribution in [2.75, 3.05) is 12.8 Å². The summed E-state index contributed by atoms with van der Waals surface area (Å²) in [7, 11) is -3.66. The lowest BCUT2D eigenvalue weighted by Gasteiger charge is -2.25. The van der Waals surface area contributed by atoms with Gasteiger partial charge in [0.1, 0.15) is 0 Å². The van der Waals surface area contributed by atoms with Gasteiger partial charge in [-0.2, -0.15) is 0 Å². The molecule has 0 aliphatic rings. The average Bonchev–Trinajstić information content (AvgIpc) is 3.18. The molecule has 138 valence electrons. The van der Waals surface area contributed by atoms with Crippen molar-refractivity contribution in [2.24, 2.45) is 0 Å². The molecular weight excluding hydrogens is 380 g/mol. The molecule has 2 rings (SSSR count). The highest BCUT2D eigenvalue weighted by Crippen LogP contribution is 2.33. The molecule has 3 N–H and O–H groups in total. The van der Waals surface area contributed by atoms with E-state index in [4.69, 9.17) is 5.21 Å². The third kappa shape index (κ3) is 4.68. The average molecular weight is 403 g/mol. The number of hydrogen-bond donors (Lipinski definition) is 3. The zero-order valence-electron chi connectivity index (χ0n) is 14.3. The van der Waals surface area contributed by atoms with Crippen LogP contribution in [0.5, 0.6) is 0 Å². The molecule has 1 amide bonds. The lowest BCUT2D eigenvalue weighted by Crippen LogP contribution is -2.50. The highest BCUT2D eigenvalue weighted by atomic mass is 32.2. The van der Waals surface area contributed by atoms with Crippen LogP contribution in [0.1, 0.15) is 23.1 Å². The molecule has 0 fully saturated rings. The summed E-state index contributed by atoms with van der Waals surface area (Å²) in [5, 5.41) is 12.0. The molecular formula is C16H22N2O4S3. The molecule has 2 heterocycles. The van der Waals surface area contributed by atoms with Gasteiger partial charge in [-0.1, -0.05) is 0 Å². The van der Waals surface area contributed by atoms with E-state index in [1.807, 2.05) is 6.07 Å². The fourth-order valence-electron chi connectivity index (χ4n) is 2.30. The minimum Gasteiger partial charge on any atom is -0.312 e. The molecule has 0 saturated carbocycles. The van der Waals surface area contributed by atoms with Crippen LogP contribution >= 0.6 is 22.7 Å². The Labute approximate surface area is 155 Å². The molecule has 0 radical (unpaired) electrons. The topological polar surface area (TPSA) is 95.5 Å². The molecule has 1 atom stereocenters. The van der Waals surface area contributed by atoms with Gasteiger partial charge in [-0.15, -0.1) is 22.7 Å². The number of carbonyl (C=O) groups is 1. The minimum absolute atomic E-state index is 0.0700. The zero-order chi connectivity index (χ0) is 18.7. The molecule has 2 aromatic heterocycles. The van der Waals surface area contributed by atoms with E-state index in [2.05, 4.69) is 30.4 Å². The summed E-state index contributed by atoms with van der Waals surface area (Å²) in [6, 6.07) is 8.31. The van der Waals surface area contributed by atoms with Crippen LogP contribution in [0.3, 0.4) is 0 Å². The number of carbonyl (C=O) groups excluding carboxylic acids is 1. The highest BCUT2D eigenvalue weighted by molar-refractivity contribution is 7.92. The summed E-state index contributed by atoms with van der Waals surface area (Å²) < 4.78 is 22.1. The van der Waals surface area contributed by atoms with Crippen molar-refractivity contribution in [3.63, 3.8) is 0 Å². The van der Waals surface area contributed by atoms with Crippen LogP contribution in [-0.2, 0) is 21.2 Å². The molecule has 0 bridgehead atoms. The van der Waals surface area contributed by atoms with Crippen LogP contribution in [0.4, 0.5) is 0 Å². The summed E-state index contributed by atoms with van der Waals surface area (Å²) in [6.45, 7) is 4.32. The van der Waals surface area contributed by atoms with Crippen molar-refractivity contribution in [3.05, 3.63) is 34.0 Å². The number of sulfone groups is 1. The Hall–Kier alpha value is -1.26. The summed E-state index contributed by atoms with van der Waals surface area (Å²) in [5.74, 6) is -0.914. The molecule has 0 saturated heterocycles. The summed E-state index contributed by atoms with van der Waals surface area (Å²) in [4.78, 5) is 16.6. The van der Waals surface area contributed by atoms with E-state index in [-0.39, 0.29) is 6.42 Å². The summed E-state index contributed by atoms with van der Waals surface area (Å²) >= 11 is 3.43. The van der Waals surface area contributed by atoms with Gasteiger partial charge >= 0.3 is 0 Å². The first-order valence-corrected chi connectivity index (χ1v) is 11.2. The molecule has 25 heavy (non-hydrogen) atoms. The second-order valence-corrected chi connectivity index (χ2v) is 10.9. The lowest BCUT2D eigenvalue weighted by atomic mass is 10.1. The highest BCUT2D eigenvalue weighted by Gasteiger charge is 2.42. The van der Waals surface area contributed by atoms with Gasteiger partial charge in [-0.05, 0) is 51.1 Å². The van der Waals surface area contributed by atoms with E-state index in [1.54, 1.807) is 22.7 Å². The monoisotopic (exact) mass is 402 g/mol. The molecule has 9 heteroatoms. The van der Waals surface area contributed by atoms with Crippen LogP contribution < -0.4 is 10.8 Å². The van der Waals surface area contributed by atoms with Crippen LogP contribution in [0.15, 0.2) is 24.3 Å². The fourth-order valence-corrected chi connectivity index (χ4v) is 5.09. The van der Waals surface area contributed by atoms with Crippen molar-refractivity contribution in [3.8, 4) is 9.75 Å². The second-order valence-electron chi connectivity index (χ2n) is 6.05. The van der Waals surface area contributed by atoms with Crippen molar-refractivity contribution >= 4 is 38.4 Å². The smallest absolute Gasteiger partial charge is 0.264 e. The van der Waals surface area contributed by atoms with E-state index < -0.39 is 20.5 Å². The molecule has 0 spiro atoms. The number of amides is 1. The molecule has 0 aliphatic heterocycles. The van der Waals surface area contributed by atoms with E-state index in [0.717, 1.165) is 11.1 Å². The summed E-state index contributed by atoms with van der Waals surface area (Å²) in [5.41, 5.74) is 1.45. The third-order valence-electron chi connectivity index (χ3n) is 4.12. The second kappa shape index (κ2) is 7.96. The largest absolute Gasteiger partial charge is 0.312 e. The van der Waals surface area contributed by atoms with Gasteiger partial charge in [0.05, 0.1) is 0 Å². The molecule has 6 nitrogen and oxygen atoms in total. The van der Waals surface area contributed by atoms with Crippen molar-refractivity contribution < 1.29 is 18.4 Å². The molecule has 0 aliphatic carbocycles. The Kier molecular flexibility index (Phi) is 6.39. The first-order valence-electron chi connectivity index (χ1n) is 7.68. The standard InChI is InChI=1S/C16H22N2O4S3/c1-11-4-6-13(23-11)14-7-5-12(24-14)10-17-9-8-16(2,15(19)18-20)25(3,21)22/h4-7,17,20H,8-10H2,1-3H3,(H,18,19). The predicted octanol–water partition coefficient (Wildman–Crippen LogP) is 2.57. The van der Waals surface area contributed by atoms with Gasteiger partial charge in [0.15, 0.2) is 14.6 Å². The maximum atomic E-state index is 11.9. The van der Waals surface area contributed by atoms with E-state index >= 15 is 0 Å². The Morgan fingerprint density at radius 1 is 1.20 bits per heavy atom. The number of rotatable bonds is 8. The van der Waals surface area contributed by atoms with Crippen LogP contribution in [0.2, 0.25) is 0 Å². The quantitative estimate of drug-likeness (QED) is 0.358. The van der Waals surface area contributed by atoms with Gasteiger partial charge in [0.2, 0.25) is 0 Å². The maximum Gasteiger partial charge on any atom is 0.264 e. The number of hydrogen-bond acceptors (Lipinski definition) is 7. The predicted molar refractivity (Wildman–Crippen MR) is 102 cm³/mol. The van der Waals surface area contributed by atoms with Gasteiger partial charge in [-0.3, -0.25) is 10.0 Å². The number of thiophene rings is 2. The molecule has 2 aromatic rings. The van der Waals surface area contributed by atoms with Crippen LogP contribution in [-0.4, -0.2) is 37.1 Å².